The van der Waals surface area contributed by atoms with Gasteiger partial charge in [-0.05, 0) is 25.1 Å². The largest absolute Gasteiger partial charge is 0.324 e. The van der Waals surface area contributed by atoms with Crippen LogP contribution in [-0.4, -0.2) is 23.4 Å². The predicted octanol–water partition coefficient (Wildman–Crippen LogP) is 1.45. The van der Waals surface area contributed by atoms with Gasteiger partial charge in [0.25, 0.3) is 5.69 Å². The van der Waals surface area contributed by atoms with Gasteiger partial charge in [-0.15, -0.1) is 0 Å². The van der Waals surface area contributed by atoms with Crippen LogP contribution in [0.1, 0.15) is 6.42 Å². The summed E-state index contributed by atoms with van der Waals surface area (Å²) >= 11 is 0. The predicted molar refractivity (Wildman–Crippen MR) is 67.3 cm³/mol. The molecule has 2 rings (SSSR count). The fourth-order valence-corrected chi connectivity index (χ4v) is 1.69. The normalized spacial score (nSPS) is 18.3. The maximum atomic E-state index is 11.8. The Balaban J connectivity index is 2.00. The van der Waals surface area contributed by atoms with Crippen molar-refractivity contribution >= 4 is 17.3 Å². The number of hydrogen-bond acceptors (Lipinski definition) is 4. The van der Waals surface area contributed by atoms with E-state index in [9.17, 15) is 14.9 Å². The molecule has 1 atom stereocenters. The number of nitro groups is 1. The molecule has 1 aliphatic rings. The average Bonchev–Trinajstić information content (AvgIpc) is 2.40. The van der Waals surface area contributed by atoms with Crippen LogP contribution in [0.15, 0.2) is 36.4 Å². The van der Waals surface area contributed by atoms with Crippen LogP contribution in [0.3, 0.4) is 0 Å². The summed E-state index contributed by atoms with van der Waals surface area (Å²) in [5.74, 6) is -0.167. The Kier molecular flexibility index (Phi) is 3.69. The first-order valence-corrected chi connectivity index (χ1v) is 5.62. The van der Waals surface area contributed by atoms with Crippen molar-refractivity contribution in [1.82, 2.24) is 5.32 Å². The summed E-state index contributed by atoms with van der Waals surface area (Å²) < 4.78 is 0. The average molecular weight is 247 g/mol. The number of carbonyl (C=O) groups is 1. The molecular formula is C12H13N3O3. The number of nitrogens with one attached hydrogen (secondary N) is 2. The lowest BCUT2D eigenvalue weighted by Gasteiger charge is -2.17. The zero-order valence-electron chi connectivity index (χ0n) is 9.63. The highest BCUT2D eigenvalue weighted by Crippen LogP contribution is 2.15. The molecule has 0 aliphatic carbocycles. The number of anilines is 1. The van der Waals surface area contributed by atoms with Gasteiger partial charge in [0, 0.05) is 17.8 Å². The maximum absolute atomic E-state index is 11.8. The second-order valence-electron chi connectivity index (χ2n) is 3.94. The number of benzene rings is 1. The minimum atomic E-state index is -0.475. The minimum absolute atomic E-state index is 0.00341. The van der Waals surface area contributed by atoms with Gasteiger partial charge in [0.1, 0.15) is 6.04 Å². The maximum Gasteiger partial charge on any atom is 0.269 e. The molecule has 2 N–H and O–H groups in total. The zero-order chi connectivity index (χ0) is 13.0. The smallest absolute Gasteiger partial charge is 0.269 e. The monoisotopic (exact) mass is 247 g/mol. The first kappa shape index (κ1) is 12.3. The van der Waals surface area contributed by atoms with Gasteiger partial charge < -0.3 is 10.6 Å². The van der Waals surface area contributed by atoms with Crippen LogP contribution < -0.4 is 10.6 Å². The zero-order valence-corrected chi connectivity index (χ0v) is 9.63. The van der Waals surface area contributed by atoms with Gasteiger partial charge in [0.2, 0.25) is 5.91 Å². The lowest BCUT2D eigenvalue weighted by Crippen LogP contribution is -2.41. The summed E-state index contributed by atoms with van der Waals surface area (Å²) in [5.41, 5.74) is 0.551. The Morgan fingerprint density at radius 3 is 2.67 bits per heavy atom. The first-order chi connectivity index (χ1) is 8.66. The van der Waals surface area contributed by atoms with Crippen LogP contribution in [0.5, 0.6) is 0 Å². The van der Waals surface area contributed by atoms with Gasteiger partial charge in [0.05, 0.1) is 4.92 Å². The fraction of sp³-hybridized carbons (Fsp3) is 0.250. The van der Waals surface area contributed by atoms with Crippen molar-refractivity contribution in [3.63, 3.8) is 0 Å². The van der Waals surface area contributed by atoms with Crippen LogP contribution in [-0.2, 0) is 4.79 Å². The molecule has 0 fully saturated rings. The van der Waals surface area contributed by atoms with Crippen molar-refractivity contribution < 1.29 is 9.72 Å². The summed E-state index contributed by atoms with van der Waals surface area (Å²) in [6.45, 7) is 0.773. The molecule has 0 radical (unpaired) electrons. The lowest BCUT2D eigenvalue weighted by molar-refractivity contribution is -0.384. The Labute approximate surface area is 104 Å². The van der Waals surface area contributed by atoms with E-state index in [-0.39, 0.29) is 17.6 Å². The standard InChI is InChI=1S/C12H13N3O3/c16-12(11-3-1-2-8-13-11)14-9-4-6-10(7-5-9)15(17)18/h1,3-7,11,13H,2,8H2,(H,14,16). The highest BCUT2D eigenvalue weighted by molar-refractivity contribution is 5.96. The second-order valence-corrected chi connectivity index (χ2v) is 3.94. The molecule has 0 saturated heterocycles. The number of amides is 1. The van der Waals surface area contributed by atoms with Crippen LogP contribution in [0.4, 0.5) is 11.4 Å². The van der Waals surface area contributed by atoms with Gasteiger partial charge in [-0.3, -0.25) is 14.9 Å². The molecule has 1 amide bonds. The quantitative estimate of drug-likeness (QED) is 0.481. The van der Waals surface area contributed by atoms with E-state index in [1.807, 2.05) is 12.2 Å². The molecule has 94 valence electrons. The third kappa shape index (κ3) is 2.92. The van der Waals surface area contributed by atoms with Gasteiger partial charge in [-0.2, -0.15) is 0 Å². The van der Waals surface area contributed by atoms with E-state index in [1.54, 1.807) is 0 Å². The molecule has 0 aromatic heterocycles. The molecule has 1 unspecified atom stereocenters. The highest BCUT2D eigenvalue weighted by atomic mass is 16.6. The van der Waals surface area contributed by atoms with E-state index in [4.69, 9.17) is 0 Å². The fourth-order valence-electron chi connectivity index (χ4n) is 1.69. The third-order valence-corrected chi connectivity index (χ3v) is 2.63. The van der Waals surface area contributed by atoms with Crippen molar-refractivity contribution in [3.8, 4) is 0 Å². The number of non-ortho nitro benzene ring substituents is 1. The number of rotatable bonds is 3. The van der Waals surface area contributed by atoms with Crippen LogP contribution in [0.2, 0.25) is 0 Å². The van der Waals surface area contributed by atoms with Crippen molar-refractivity contribution in [2.45, 2.75) is 12.5 Å². The molecule has 1 aromatic carbocycles. The summed E-state index contributed by atoms with van der Waals surface area (Å²) in [4.78, 5) is 21.8. The second kappa shape index (κ2) is 5.42. The van der Waals surface area contributed by atoms with Gasteiger partial charge in [-0.1, -0.05) is 12.2 Å². The van der Waals surface area contributed by atoms with Crippen molar-refractivity contribution in [2.24, 2.45) is 0 Å². The van der Waals surface area contributed by atoms with Crippen molar-refractivity contribution in [1.29, 1.82) is 0 Å². The van der Waals surface area contributed by atoms with Crippen LogP contribution in [0, 0.1) is 10.1 Å². The van der Waals surface area contributed by atoms with E-state index in [0.29, 0.717) is 5.69 Å². The molecule has 6 heteroatoms. The lowest BCUT2D eigenvalue weighted by atomic mass is 10.1. The van der Waals surface area contributed by atoms with Crippen molar-refractivity contribution in [3.05, 3.63) is 46.5 Å². The summed E-state index contributed by atoms with van der Waals surface area (Å²) in [6, 6.07) is 5.42. The van der Waals surface area contributed by atoms with E-state index in [1.165, 1.54) is 24.3 Å². The Morgan fingerprint density at radius 1 is 1.39 bits per heavy atom. The molecule has 1 aliphatic heterocycles. The van der Waals surface area contributed by atoms with Crippen LogP contribution >= 0.6 is 0 Å². The number of hydrogen-bond donors (Lipinski definition) is 2. The molecule has 0 saturated carbocycles. The minimum Gasteiger partial charge on any atom is -0.324 e. The van der Waals surface area contributed by atoms with E-state index in [0.717, 1.165) is 13.0 Å². The topological polar surface area (TPSA) is 84.3 Å². The van der Waals surface area contributed by atoms with E-state index < -0.39 is 4.92 Å². The molecule has 0 bridgehead atoms. The molecular weight excluding hydrogens is 234 g/mol. The summed E-state index contributed by atoms with van der Waals surface area (Å²) in [7, 11) is 0. The number of carbonyl (C=O) groups excluding carboxylic acids is 1. The van der Waals surface area contributed by atoms with Gasteiger partial charge in [-0.25, -0.2) is 0 Å². The molecule has 6 nitrogen and oxygen atoms in total. The Bertz CT molecular complexity index is 482. The number of nitro benzene ring substituents is 1. The summed E-state index contributed by atoms with van der Waals surface area (Å²) in [6.07, 6.45) is 4.68. The molecule has 1 aromatic rings. The van der Waals surface area contributed by atoms with E-state index >= 15 is 0 Å². The summed E-state index contributed by atoms with van der Waals surface area (Å²) in [5, 5.41) is 16.2. The Hall–Kier alpha value is -2.21. The highest BCUT2D eigenvalue weighted by Gasteiger charge is 2.16. The molecule has 0 spiro atoms. The van der Waals surface area contributed by atoms with Gasteiger partial charge in [0.15, 0.2) is 0 Å². The SMILES string of the molecule is O=C(Nc1ccc([N+](=O)[O-])cc1)C1C=CCCN1. The van der Waals surface area contributed by atoms with E-state index in [2.05, 4.69) is 10.6 Å². The number of nitrogens with zero attached hydrogens (tertiary/aromatic N) is 1. The molecule has 18 heavy (non-hydrogen) atoms. The molecule has 1 heterocycles. The first-order valence-electron chi connectivity index (χ1n) is 5.62. The Morgan fingerprint density at radius 2 is 2.11 bits per heavy atom. The van der Waals surface area contributed by atoms with Crippen molar-refractivity contribution in [2.75, 3.05) is 11.9 Å². The van der Waals surface area contributed by atoms with Crippen LogP contribution in [0.25, 0.3) is 0 Å². The third-order valence-electron chi connectivity index (χ3n) is 2.63. The van der Waals surface area contributed by atoms with Gasteiger partial charge >= 0.3 is 0 Å².